The lowest BCUT2D eigenvalue weighted by atomic mass is 9.99. The Labute approximate surface area is 135 Å². The van der Waals surface area contributed by atoms with E-state index in [2.05, 4.69) is 22.5 Å². The van der Waals surface area contributed by atoms with Crippen LogP contribution in [0.25, 0.3) is 0 Å². The van der Waals surface area contributed by atoms with E-state index in [9.17, 15) is 4.79 Å². The number of nitrogens with one attached hydrogen (secondary N) is 2. The molecule has 0 radical (unpaired) electrons. The molecule has 0 bridgehead atoms. The van der Waals surface area contributed by atoms with Gasteiger partial charge >= 0.3 is 0 Å². The van der Waals surface area contributed by atoms with E-state index < -0.39 is 0 Å². The highest BCUT2D eigenvalue weighted by molar-refractivity contribution is 5.85. The van der Waals surface area contributed by atoms with E-state index in [1.807, 2.05) is 0 Å². The predicted octanol–water partition coefficient (Wildman–Crippen LogP) is 1.68. The molecule has 0 saturated carbocycles. The Hall–Kier alpha value is -0.0300. The fourth-order valence-electron chi connectivity index (χ4n) is 2.86. The van der Waals surface area contributed by atoms with Gasteiger partial charge < -0.3 is 15.5 Å². The number of rotatable bonds is 5. The summed E-state index contributed by atoms with van der Waals surface area (Å²) in [7, 11) is 0. The van der Waals surface area contributed by atoms with Crippen molar-refractivity contribution in [1.82, 2.24) is 15.5 Å². The van der Waals surface area contributed by atoms with Gasteiger partial charge in [0.05, 0.1) is 0 Å². The molecule has 4 nitrogen and oxygen atoms in total. The highest BCUT2D eigenvalue weighted by Crippen LogP contribution is 2.15. The normalized spacial score (nSPS) is 23.8. The number of carbonyl (C=O) groups is 1. The lowest BCUT2D eigenvalue weighted by Crippen LogP contribution is -2.39. The largest absolute Gasteiger partial charge is 0.355 e. The van der Waals surface area contributed by atoms with E-state index >= 15 is 0 Å². The van der Waals surface area contributed by atoms with Crippen LogP contribution < -0.4 is 10.6 Å². The first kappa shape index (κ1) is 20.0. The van der Waals surface area contributed by atoms with Crippen LogP contribution in [0.1, 0.15) is 32.6 Å². The van der Waals surface area contributed by atoms with Crippen LogP contribution in [0.3, 0.4) is 0 Å². The van der Waals surface area contributed by atoms with Crippen molar-refractivity contribution in [3.8, 4) is 0 Å². The Morgan fingerprint density at radius 1 is 1.25 bits per heavy atom. The van der Waals surface area contributed by atoms with E-state index in [0.29, 0.717) is 12.3 Å². The summed E-state index contributed by atoms with van der Waals surface area (Å²) in [6.07, 6.45) is 4.46. The number of likely N-dealkylation sites (tertiary alicyclic amines) is 1. The number of hydrogen-bond acceptors (Lipinski definition) is 3. The number of halogens is 2. The van der Waals surface area contributed by atoms with E-state index in [4.69, 9.17) is 0 Å². The third-order valence-electron chi connectivity index (χ3n) is 4.26. The summed E-state index contributed by atoms with van der Waals surface area (Å²) in [5.74, 6) is 1.67. The summed E-state index contributed by atoms with van der Waals surface area (Å²) >= 11 is 0. The molecule has 2 rings (SSSR count). The maximum atomic E-state index is 11.7. The standard InChI is InChI=1S/C14H27N3O.2ClH/c1-12-3-7-17(8-4-12)9-6-16-14(18)10-13-2-5-15-11-13;;/h12-13,15H,2-11H2,1H3,(H,16,18);2*1H. The minimum absolute atomic E-state index is 0. The molecule has 0 aliphatic carbocycles. The van der Waals surface area contributed by atoms with Crippen molar-refractivity contribution < 1.29 is 4.79 Å². The molecule has 1 unspecified atom stereocenters. The van der Waals surface area contributed by atoms with Crippen LogP contribution in [0.4, 0.5) is 0 Å². The second kappa shape index (κ2) is 10.7. The molecule has 2 N–H and O–H groups in total. The summed E-state index contributed by atoms with van der Waals surface area (Å²) in [6.45, 7) is 8.64. The number of amides is 1. The van der Waals surface area contributed by atoms with Crippen molar-refractivity contribution in [2.75, 3.05) is 39.3 Å². The van der Waals surface area contributed by atoms with E-state index in [-0.39, 0.29) is 30.7 Å². The van der Waals surface area contributed by atoms with Gasteiger partial charge in [0.2, 0.25) is 5.91 Å². The molecule has 0 aromatic heterocycles. The van der Waals surface area contributed by atoms with Gasteiger partial charge in [-0.2, -0.15) is 0 Å². The maximum Gasteiger partial charge on any atom is 0.220 e. The first-order valence-electron chi connectivity index (χ1n) is 7.44. The Morgan fingerprint density at radius 3 is 2.55 bits per heavy atom. The number of carbonyl (C=O) groups excluding carboxylic acids is 1. The summed E-state index contributed by atoms with van der Waals surface area (Å²) in [6, 6.07) is 0. The number of piperidine rings is 1. The van der Waals surface area contributed by atoms with Gasteiger partial charge in [0.1, 0.15) is 0 Å². The minimum Gasteiger partial charge on any atom is -0.355 e. The van der Waals surface area contributed by atoms with Crippen molar-refractivity contribution in [2.45, 2.75) is 32.6 Å². The molecule has 0 spiro atoms. The van der Waals surface area contributed by atoms with Crippen LogP contribution in [0.15, 0.2) is 0 Å². The summed E-state index contributed by atoms with van der Waals surface area (Å²) in [4.78, 5) is 14.2. The average molecular weight is 326 g/mol. The van der Waals surface area contributed by atoms with E-state index in [0.717, 1.165) is 38.5 Å². The predicted molar refractivity (Wildman–Crippen MR) is 87.9 cm³/mol. The summed E-state index contributed by atoms with van der Waals surface area (Å²) < 4.78 is 0. The Kier molecular flexibility index (Phi) is 10.6. The Bertz CT molecular complexity index is 265. The molecule has 1 amide bonds. The molecule has 2 fully saturated rings. The smallest absolute Gasteiger partial charge is 0.220 e. The first-order valence-corrected chi connectivity index (χ1v) is 7.44. The minimum atomic E-state index is 0. The summed E-state index contributed by atoms with van der Waals surface area (Å²) in [5, 5.41) is 6.36. The third-order valence-corrected chi connectivity index (χ3v) is 4.26. The zero-order valence-electron chi connectivity index (χ0n) is 12.4. The highest BCUT2D eigenvalue weighted by atomic mass is 35.5. The van der Waals surface area contributed by atoms with E-state index in [1.54, 1.807) is 0 Å². The fraction of sp³-hybridized carbons (Fsp3) is 0.929. The van der Waals surface area contributed by atoms with Gasteiger partial charge in [0.15, 0.2) is 0 Å². The molecular formula is C14H29Cl2N3O. The van der Waals surface area contributed by atoms with Crippen LogP contribution >= 0.6 is 24.8 Å². The lowest BCUT2D eigenvalue weighted by molar-refractivity contribution is -0.121. The number of nitrogens with zero attached hydrogens (tertiary/aromatic N) is 1. The quantitative estimate of drug-likeness (QED) is 0.808. The van der Waals surface area contributed by atoms with Gasteiger partial charge in [-0.05, 0) is 57.3 Å². The molecular weight excluding hydrogens is 297 g/mol. The van der Waals surface area contributed by atoms with Gasteiger partial charge in [-0.25, -0.2) is 0 Å². The van der Waals surface area contributed by atoms with Crippen LogP contribution in [0, 0.1) is 11.8 Å². The molecule has 6 heteroatoms. The van der Waals surface area contributed by atoms with Gasteiger partial charge in [0, 0.05) is 19.5 Å². The monoisotopic (exact) mass is 325 g/mol. The van der Waals surface area contributed by atoms with Crippen molar-refractivity contribution in [1.29, 1.82) is 0 Å². The molecule has 1 atom stereocenters. The van der Waals surface area contributed by atoms with Crippen molar-refractivity contribution >= 4 is 30.7 Å². The molecule has 0 aromatic carbocycles. The lowest BCUT2D eigenvalue weighted by Gasteiger charge is -2.30. The molecule has 2 aliphatic rings. The Balaban J connectivity index is 0.00000180. The molecule has 2 aliphatic heterocycles. The van der Waals surface area contributed by atoms with Crippen LogP contribution in [0.5, 0.6) is 0 Å². The van der Waals surface area contributed by atoms with Crippen LogP contribution in [-0.4, -0.2) is 50.1 Å². The Morgan fingerprint density at radius 2 is 1.95 bits per heavy atom. The van der Waals surface area contributed by atoms with Gasteiger partial charge in [0.25, 0.3) is 0 Å². The average Bonchev–Trinajstić information content (AvgIpc) is 2.84. The van der Waals surface area contributed by atoms with Crippen LogP contribution in [-0.2, 0) is 4.79 Å². The molecule has 0 aromatic rings. The zero-order valence-corrected chi connectivity index (χ0v) is 14.0. The molecule has 2 heterocycles. The number of hydrogen-bond donors (Lipinski definition) is 2. The zero-order chi connectivity index (χ0) is 12.8. The fourth-order valence-corrected chi connectivity index (χ4v) is 2.86. The van der Waals surface area contributed by atoms with Crippen molar-refractivity contribution in [2.24, 2.45) is 11.8 Å². The summed E-state index contributed by atoms with van der Waals surface area (Å²) in [5.41, 5.74) is 0. The second-order valence-corrected chi connectivity index (χ2v) is 5.94. The van der Waals surface area contributed by atoms with Crippen molar-refractivity contribution in [3.05, 3.63) is 0 Å². The molecule has 2 saturated heterocycles. The SMILES string of the molecule is CC1CCN(CCNC(=O)CC2CCNC2)CC1.Cl.Cl. The first-order chi connectivity index (χ1) is 8.74. The van der Waals surface area contributed by atoms with Gasteiger partial charge in [-0.1, -0.05) is 6.92 Å². The van der Waals surface area contributed by atoms with E-state index in [1.165, 1.54) is 25.9 Å². The van der Waals surface area contributed by atoms with Crippen molar-refractivity contribution in [3.63, 3.8) is 0 Å². The van der Waals surface area contributed by atoms with Gasteiger partial charge in [-0.3, -0.25) is 4.79 Å². The topological polar surface area (TPSA) is 44.4 Å². The van der Waals surface area contributed by atoms with Gasteiger partial charge in [-0.15, -0.1) is 24.8 Å². The maximum absolute atomic E-state index is 11.7. The highest BCUT2D eigenvalue weighted by Gasteiger charge is 2.18. The third kappa shape index (κ3) is 7.11. The van der Waals surface area contributed by atoms with Crippen LogP contribution in [0.2, 0.25) is 0 Å². The second-order valence-electron chi connectivity index (χ2n) is 5.94. The molecule has 20 heavy (non-hydrogen) atoms. The molecule has 120 valence electrons.